The van der Waals surface area contributed by atoms with Crippen molar-refractivity contribution in [1.29, 1.82) is 0 Å². The van der Waals surface area contributed by atoms with E-state index in [1.807, 2.05) is 29.2 Å². The Morgan fingerprint density at radius 2 is 2.00 bits per heavy atom. The van der Waals surface area contributed by atoms with E-state index in [1.54, 1.807) is 11.8 Å². The topological polar surface area (TPSA) is 61.9 Å². The van der Waals surface area contributed by atoms with E-state index < -0.39 is 0 Å². The van der Waals surface area contributed by atoms with Crippen LogP contribution in [0.15, 0.2) is 53.9 Å². The number of carbonyl (C=O) groups excluding carboxylic acids is 1. The number of H-pyrrole nitrogens is 1. The van der Waals surface area contributed by atoms with E-state index in [-0.39, 0.29) is 11.9 Å². The molecule has 144 valence electrons. The fourth-order valence-corrected chi connectivity index (χ4v) is 4.39. The smallest absolute Gasteiger partial charge is 0.254 e. The largest absolute Gasteiger partial charge is 0.332 e. The number of hydrogen-bond acceptors (Lipinski definition) is 4. The third-order valence-corrected chi connectivity index (χ3v) is 6.35. The van der Waals surface area contributed by atoms with Crippen LogP contribution in [0.5, 0.6) is 0 Å². The van der Waals surface area contributed by atoms with Crippen LogP contribution in [0.1, 0.15) is 51.5 Å². The van der Waals surface area contributed by atoms with Gasteiger partial charge in [-0.1, -0.05) is 42.1 Å². The zero-order valence-corrected chi connectivity index (χ0v) is 17.0. The summed E-state index contributed by atoms with van der Waals surface area (Å²) in [5.41, 5.74) is 5.73. The standard InChI is InChI=1S/C22H24N4OS/c1-15-5-8-19(12-16(15)2)20-4-3-11-26(20)21(27)18-9-6-17(7-10-18)13-28-22-23-14-24-25-22/h5-10,12,14,20H,3-4,11,13H2,1-2H3,(H,23,24,25). The molecule has 2 heterocycles. The van der Waals surface area contributed by atoms with Gasteiger partial charge in [0.05, 0.1) is 6.04 Å². The SMILES string of the molecule is Cc1ccc(C2CCCN2C(=O)c2ccc(CSc3ncn[nH]3)cc2)cc1C. The van der Waals surface area contributed by atoms with Crippen molar-refractivity contribution in [3.8, 4) is 0 Å². The van der Waals surface area contributed by atoms with E-state index in [4.69, 9.17) is 0 Å². The highest BCUT2D eigenvalue weighted by Gasteiger charge is 2.30. The first-order valence-corrected chi connectivity index (χ1v) is 10.6. The van der Waals surface area contributed by atoms with Crippen LogP contribution in [0.25, 0.3) is 0 Å². The van der Waals surface area contributed by atoms with Gasteiger partial charge in [-0.25, -0.2) is 4.98 Å². The monoisotopic (exact) mass is 392 g/mol. The van der Waals surface area contributed by atoms with Crippen molar-refractivity contribution in [3.63, 3.8) is 0 Å². The van der Waals surface area contributed by atoms with Gasteiger partial charge in [0.1, 0.15) is 6.33 Å². The predicted octanol–water partition coefficient (Wildman–Crippen LogP) is 4.69. The molecule has 1 atom stereocenters. The van der Waals surface area contributed by atoms with Gasteiger partial charge < -0.3 is 4.90 Å². The van der Waals surface area contributed by atoms with Gasteiger partial charge in [-0.3, -0.25) is 9.89 Å². The first-order chi connectivity index (χ1) is 13.6. The Morgan fingerprint density at radius 1 is 1.18 bits per heavy atom. The fraction of sp³-hybridized carbons (Fsp3) is 0.318. The van der Waals surface area contributed by atoms with Crippen molar-refractivity contribution in [2.24, 2.45) is 0 Å². The highest BCUT2D eigenvalue weighted by Crippen LogP contribution is 2.34. The first kappa shape index (κ1) is 18.7. The maximum atomic E-state index is 13.1. The molecule has 0 saturated carbocycles. The van der Waals surface area contributed by atoms with Crippen molar-refractivity contribution in [2.75, 3.05) is 6.54 Å². The number of amides is 1. The molecular formula is C22H24N4OS. The summed E-state index contributed by atoms with van der Waals surface area (Å²) in [4.78, 5) is 19.3. The molecule has 3 aromatic rings. The number of hydrogen-bond donors (Lipinski definition) is 1. The lowest BCUT2D eigenvalue weighted by Gasteiger charge is -2.26. The highest BCUT2D eigenvalue weighted by atomic mass is 32.2. The van der Waals surface area contributed by atoms with Gasteiger partial charge >= 0.3 is 0 Å². The summed E-state index contributed by atoms with van der Waals surface area (Å²) in [6.45, 7) is 5.08. The molecule has 1 aliphatic heterocycles. The van der Waals surface area contributed by atoms with Crippen molar-refractivity contribution in [2.45, 2.75) is 43.6 Å². The van der Waals surface area contributed by atoms with E-state index in [0.29, 0.717) is 0 Å². The zero-order valence-electron chi connectivity index (χ0n) is 16.2. The van der Waals surface area contributed by atoms with E-state index in [1.165, 1.54) is 23.0 Å². The number of benzene rings is 2. The molecule has 6 heteroatoms. The van der Waals surface area contributed by atoms with Crippen LogP contribution < -0.4 is 0 Å². The van der Waals surface area contributed by atoms with Crippen molar-refractivity contribution in [3.05, 3.63) is 76.6 Å². The molecule has 4 rings (SSSR count). The minimum Gasteiger partial charge on any atom is -0.332 e. The van der Waals surface area contributed by atoms with Gasteiger partial charge in [-0.05, 0) is 61.1 Å². The number of aryl methyl sites for hydroxylation is 2. The summed E-state index contributed by atoms with van der Waals surface area (Å²) in [5, 5.41) is 7.49. The summed E-state index contributed by atoms with van der Waals surface area (Å²) >= 11 is 1.60. The van der Waals surface area contributed by atoms with Gasteiger partial charge in [0.25, 0.3) is 5.91 Å². The number of carbonyl (C=O) groups is 1. The van der Waals surface area contributed by atoms with Crippen LogP contribution in [0.3, 0.4) is 0 Å². The molecule has 1 aliphatic rings. The van der Waals surface area contributed by atoms with Crippen LogP contribution in [0.4, 0.5) is 0 Å². The molecule has 5 nitrogen and oxygen atoms in total. The van der Waals surface area contributed by atoms with Crippen LogP contribution in [-0.4, -0.2) is 32.5 Å². The Bertz CT molecular complexity index is 953. The number of aromatic nitrogens is 3. The van der Waals surface area contributed by atoms with Crippen molar-refractivity contribution < 1.29 is 4.79 Å². The Hall–Kier alpha value is -2.60. The van der Waals surface area contributed by atoms with Crippen molar-refractivity contribution in [1.82, 2.24) is 20.1 Å². The summed E-state index contributed by atoms with van der Waals surface area (Å²) in [7, 11) is 0. The molecule has 2 aromatic carbocycles. The minimum absolute atomic E-state index is 0.121. The van der Waals surface area contributed by atoms with Crippen LogP contribution in [0, 0.1) is 13.8 Å². The Kier molecular flexibility index (Phi) is 5.48. The number of rotatable bonds is 5. The Balaban J connectivity index is 1.46. The number of likely N-dealkylation sites (tertiary alicyclic amines) is 1. The second-order valence-corrected chi connectivity index (χ2v) is 8.24. The lowest BCUT2D eigenvalue weighted by Crippen LogP contribution is -2.30. The molecule has 0 radical (unpaired) electrons. The normalized spacial score (nSPS) is 16.5. The maximum Gasteiger partial charge on any atom is 0.254 e. The molecule has 1 unspecified atom stereocenters. The summed E-state index contributed by atoms with van der Waals surface area (Å²) in [6, 6.07) is 14.7. The zero-order chi connectivity index (χ0) is 19.5. The Labute approximate surface area is 169 Å². The minimum atomic E-state index is 0.121. The van der Waals surface area contributed by atoms with Gasteiger partial charge in [-0.2, -0.15) is 5.10 Å². The third kappa shape index (κ3) is 3.97. The first-order valence-electron chi connectivity index (χ1n) is 9.57. The van der Waals surface area contributed by atoms with E-state index >= 15 is 0 Å². The molecule has 1 amide bonds. The lowest BCUT2D eigenvalue weighted by molar-refractivity contribution is 0.0735. The average Bonchev–Trinajstić information content (AvgIpc) is 3.40. The van der Waals surface area contributed by atoms with Gasteiger partial charge in [-0.15, -0.1) is 0 Å². The maximum absolute atomic E-state index is 13.1. The van der Waals surface area contributed by atoms with Crippen molar-refractivity contribution >= 4 is 17.7 Å². The summed E-state index contributed by atoms with van der Waals surface area (Å²) in [5.74, 6) is 0.911. The van der Waals surface area contributed by atoms with Gasteiger partial charge in [0.2, 0.25) is 0 Å². The van der Waals surface area contributed by atoms with Gasteiger partial charge in [0.15, 0.2) is 5.16 Å². The number of thioether (sulfide) groups is 1. The third-order valence-electron chi connectivity index (χ3n) is 5.40. The quantitative estimate of drug-likeness (QED) is 0.640. The second kappa shape index (κ2) is 8.19. The van der Waals surface area contributed by atoms with E-state index in [9.17, 15) is 4.79 Å². The van der Waals surface area contributed by atoms with E-state index in [2.05, 4.69) is 47.2 Å². The molecule has 1 saturated heterocycles. The Morgan fingerprint density at radius 3 is 2.71 bits per heavy atom. The molecule has 0 aliphatic carbocycles. The predicted molar refractivity (Wildman–Crippen MR) is 111 cm³/mol. The number of aromatic amines is 1. The number of nitrogens with one attached hydrogen (secondary N) is 1. The average molecular weight is 393 g/mol. The van der Waals surface area contributed by atoms with Crippen LogP contribution >= 0.6 is 11.8 Å². The highest BCUT2D eigenvalue weighted by molar-refractivity contribution is 7.98. The molecule has 0 bridgehead atoms. The van der Waals surface area contributed by atoms with Crippen LogP contribution in [0.2, 0.25) is 0 Å². The van der Waals surface area contributed by atoms with E-state index in [0.717, 1.165) is 41.4 Å². The molecule has 1 N–H and O–H groups in total. The number of nitrogens with zero attached hydrogens (tertiary/aromatic N) is 3. The summed E-state index contributed by atoms with van der Waals surface area (Å²) in [6.07, 6.45) is 3.58. The molecule has 1 fully saturated rings. The van der Waals surface area contributed by atoms with Crippen LogP contribution in [-0.2, 0) is 5.75 Å². The fourth-order valence-electron chi connectivity index (χ4n) is 3.65. The van der Waals surface area contributed by atoms with Gasteiger partial charge in [0, 0.05) is 17.9 Å². The molecular weight excluding hydrogens is 368 g/mol. The molecule has 0 spiro atoms. The molecule has 1 aromatic heterocycles. The lowest BCUT2D eigenvalue weighted by atomic mass is 9.99. The molecule has 28 heavy (non-hydrogen) atoms. The summed E-state index contributed by atoms with van der Waals surface area (Å²) < 4.78 is 0. The second-order valence-electron chi connectivity index (χ2n) is 7.28.